The SMILES string of the molecule is CN=C(NC)NCC(c1ccc(OC)cc1)N1CCCCC1.I. The van der Waals surface area contributed by atoms with Crippen molar-refractivity contribution >= 4 is 29.9 Å². The van der Waals surface area contributed by atoms with Crippen LogP contribution in [0.25, 0.3) is 0 Å². The molecule has 0 radical (unpaired) electrons. The Morgan fingerprint density at radius 2 is 1.87 bits per heavy atom. The molecule has 5 nitrogen and oxygen atoms in total. The minimum absolute atomic E-state index is 0. The van der Waals surface area contributed by atoms with E-state index in [0.29, 0.717) is 6.04 Å². The topological polar surface area (TPSA) is 48.9 Å². The van der Waals surface area contributed by atoms with E-state index in [1.165, 1.54) is 24.8 Å². The van der Waals surface area contributed by atoms with Gasteiger partial charge in [-0.25, -0.2) is 0 Å². The second-order valence-corrected chi connectivity index (χ2v) is 5.59. The van der Waals surface area contributed by atoms with E-state index in [2.05, 4.69) is 32.7 Å². The van der Waals surface area contributed by atoms with Crippen molar-refractivity contribution < 1.29 is 4.74 Å². The number of likely N-dealkylation sites (tertiary alicyclic amines) is 1. The number of hydrogen-bond acceptors (Lipinski definition) is 3. The lowest BCUT2D eigenvalue weighted by molar-refractivity contribution is 0.164. The summed E-state index contributed by atoms with van der Waals surface area (Å²) >= 11 is 0. The Kier molecular flexibility index (Phi) is 9.31. The summed E-state index contributed by atoms with van der Waals surface area (Å²) in [5, 5.41) is 6.49. The molecular weight excluding hydrogens is 403 g/mol. The number of rotatable bonds is 5. The highest BCUT2D eigenvalue weighted by atomic mass is 127. The highest BCUT2D eigenvalue weighted by Crippen LogP contribution is 2.25. The van der Waals surface area contributed by atoms with Crippen LogP contribution in [0.5, 0.6) is 5.75 Å². The van der Waals surface area contributed by atoms with Gasteiger partial charge >= 0.3 is 0 Å². The van der Waals surface area contributed by atoms with Crippen molar-refractivity contribution in [1.82, 2.24) is 15.5 Å². The lowest BCUT2D eigenvalue weighted by Crippen LogP contribution is -2.43. The molecule has 0 aliphatic carbocycles. The van der Waals surface area contributed by atoms with Crippen molar-refractivity contribution in [3.63, 3.8) is 0 Å². The molecule has 6 heteroatoms. The smallest absolute Gasteiger partial charge is 0.190 e. The summed E-state index contributed by atoms with van der Waals surface area (Å²) in [6.45, 7) is 3.17. The van der Waals surface area contributed by atoms with Gasteiger partial charge < -0.3 is 15.4 Å². The zero-order valence-electron chi connectivity index (χ0n) is 14.3. The number of methoxy groups -OCH3 is 1. The van der Waals surface area contributed by atoms with Crippen LogP contribution in [0.2, 0.25) is 0 Å². The summed E-state index contributed by atoms with van der Waals surface area (Å²) < 4.78 is 5.27. The van der Waals surface area contributed by atoms with Crippen LogP contribution in [0.15, 0.2) is 29.3 Å². The van der Waals surface area contributed by atoms with Crippen LogP contribution in [0, 0.1) is 0 Å². The number of aliphatic imine (C=N–C) groups is 1. The Balaban J connectivity index is 0.00000264. The van der Waals surface area contributed by atoms with Gasteiger partial charge in [-0.05, 0) is 43.6 Å². The van der Waals surface area contributed by atoms with Gasteiger partial charge in [0.2, 0.25) is 0 Å². The molecule has 130 valence electrons. The number of hydrogen-bond donors (Lipinski definition) is 2. The molecule has 2 N–H and O–H groups in total. The third kappa shape index (κ3) is 5.84. The highest BCUT2D eigenvalue weighted by Gasteiger charge is 2.22. The molecule has 2 rings (SSSR count). The molecule has 0 amide bonds. The fourth-order valence-corrected chi connectivity index (χ4v) is 2.99. The zero-order valence-corrected chi connectivity index (χ0v) is 16.7. The summed E-state index contributed by atoms with van der Waals surface area (Å²) in [5.74, 6) is 1.73. The van der Waals surface area contributed by atoms with E-state index < -0.39 is 0 Å². The van der Waals surface area contributed by atoms with Gasteiger partial charge in [0, 0.05) is 20.6 Å². The average Bonchev–Trinajstić information content (AvgIpc) is 2.60. The quantitative estimate of drug-likeness (QED) is 0.427. The Morgan fingerprint density at radius 1 is 1.22 bits per heavy atom. The van der Waals surface area contributed by atoms with Crippen LogP contribution in [-0.4, -0.2) is 51.7 Å². The molecule has 1 fully saturated rings. The van der Waals surface area contributed by atoms with Crippen LogP contribution in [-0.2, 0) is 0 Å². The first kappa shape index (κ1) is 20.0. The monoisotopic (exact) mass is 432 g/mol. The maximum absolute atomic E-state index is 5.27. The third-order valence-corrected chi connectivity index (χ3v) is 4.26. The lowest BCUT2D eigenvalue weighted by Gasteiger charge is -2.35. The second kappa shape index (κ2) is 10.7. The van der Waals surface area contributed by atoms with Gasteiger partial charge in [-0.1, -0.05) is 18.6 Å². The molecule has 1 saturated heterocycles. The molecule has 1 heterocycles. The number of guanidine groups is 1. The van der Waals surface area contributed by atoms with E-state index in [4.69, 9.17) is 4.74 Å². The van der Waals surface area contributed by atoms with Crippen molar-refractivity contribution in [2.75, 3.05) is 40.8 Å². The van der Waals surface area contributed by atoms with Crippen molar-refractivity contribution in [2.45, 2.75) is 25.3 Å². The second-order valence-electron chi connectivity index (χ2n) is 5.59. The first-order chi connectivity index (χ1) is 10.8. The van der Waals surface area contributed by atoms with E-state index in [1.807, 2.05) is 19.2 Å². The molecule has 23 heavy (non-hydrogen) atoms. The zero-order chi connectivity index (χ0) is 15.8. The van der Waals surface area contributed by atoms with Gasteiger partial charge in [0.1, 0.15) is 5.75 Å². The number of halogens is 1. The molecule has 0 bridgehead atoms. The van der Waals surface area contributed by atoms with Crippen LogP contribution in [0.1, 0.15) is 30.9 Å². The van der Waals surface area contributed by atoms with E-state index >= 15 is 0 Å². The summed E-state index contributed by atoms with van der Waals surface area (Å²) in [6.07, 6.45) is 3.91. The molecule has 1 aromatic carbocycles. The minimum atomic E-state index is 0. The van der Waals surface area contributed by atoms with Crippen LogP contribution < -0.4 is 15.4 Å². The van der Waals surface area contributed by atoms with Crippen LogP contribution in [0.4, 0.5) is 0 Å². The van der Waals surface area contributed by atoms with Gasteiger partial charge in [-0.15, -0.1) is 24.0 Å². The van der Waals surface area contributed by atoms with E-state index in [0.717, 1.165) is 31.3 Å². The number of nitrogens with zero attached hydrogens (tertiary/aromatic N) is 2. The Bertz CT molecular complexity index is 472. The largest absolute Gasteiger partial charge is 0.497 e. The maximum Gasteiger partial charge on any atom is 0.190 e. The molecular formula is C17H29IN4O. The van der Waals surface area contributed by atoms with Gasteiger partial charge in [-0.3, -0.25) is 9.89 Å². The minimum Gasteiger partial charge on any atom is -0.497 e. The summed E-state index contributed by atoms with van der Waals surface area (Å²) in [4.78, 5) is 6.77. The van der Waals surface area contributed by atoms with Gasteiger partial charge in [0.05, 0.1) is 13.2 Å². The number of ether oxygens (including phenoxy) is 1. The van der Waals surface area contributed by atoms with Gasteiger partial charge in [-0.2, -0.15) is 0 Å². The Labute approximate surface area is 156 Å². The predicted molar refractivity (Wildman–Crippen MR) is 107 cm³/mol. The van der Waals surface area contributed by atoms with E-state index in [1.54, 1.807) is 14.2 Å². The maximum atomic E-state index is 5.27. The molecule has 1 aromatic rings. The van der Waals surface area contributed by atoms with Gasteiger partial charge in [0.25, 0.3) is 0 Å². The number of nitrogens with one attached hydrogen (secondary N) is 2. The average molecular weight is 432 g/mol. The van der Waals surface area contributed by atoms with E-state index in [9.17, 15) is 0 Å². The van der Waals surface area contributed by atoms with Crippen LogP contribution >= 0.6 is 24.0 Å². The molecule has 0 saturated carbocycles. The van der Waals surface area contributed by atoms with E-state index in [-0.39, 0.29) is 24.0 Å². The first-order valence-corrected chi connectivity index (χ1v) is 8.05. The summed E-state index contributed by atoms with van der Waals surface area (Å²) in [5.41, 5.74) is 1.32. The third-order valence-electron chi connectivity index (χ3n) is 4.26. The lowest BCUT2D eigenvalue weighted by atomic mass is 10.0. The number of piperidine rings is 1. The fourth-order valence-electron chi connectivity index (χ4n) is 2.99. The summed E-state index contributed by atoms with van der Waals surface area (Å²) in [6, 6.07) is 8.78. The van der Waals surface area contributed by atoms with Crippen molar-refractivity contribution in [2.24, 2.45) is 4.99 Å². The Hall–Kier alpha value is -1.02. The molecule has 0 spiro atoms. The number of benzene rings is 1. The van der Waals surface area contributed by atoms with Crippen molar-refractivity contribution in [1.29, 1.82) is 0 Å². The van der Waals surface area contributed by atoms with Crippen molar-refractivity contribution in [3.05, 3.63) is 29.8 Å². The molecule has 1 aliphatic rings. The summed E-state index contributed by atoms with van der Waals surface area (Å²) in [7, 11) is 5.39. The van der Waals surface area contributed by atoms with Crippen LogP contribution in [0.3, 0.4) is 0 Å². The highest BCUT2D eigenvalue weighted by molar-refractivity contribution is 14.0. The first-order valence-electron chi connectivity index (χ1n) is 8.05. The van der Waals surface area contributed by atoms with Crippen molar-refractivity contribution in [3.8, 4) is 5.75 Å². The normalized spacial score (nSPS) is 17.1. The molecule has 0 aromatic heterocycles. The fraction of sp³-hybridized carbons (Fsp3) is 0.588. The molecule has 1 aliphatic heterocycles. The standard InChI is InChI=1S/C17H28N4O.HI/c1-18-17(19-2)20-13-16(21-11-5-4-6-12-21)14-7-9-15(22-3)10-8-14;/h7-10,16H,4-6,11-13H2,1-3H3,(H2,18,19,20);1H. The van der Waals surface area contributed by atoms with Gasteiger partial charge in [0.15, 0.2) is 5.96 Å². The Morgan fingerprint density at radius 3 is 2.39 bits per heavy atom. The molecule has 1 unspecified atom stereocenters. The predicted octanol–water partition coefficient (Wildman–Crippen LogP) is 2.64. The molecule has 1 atom stereocenters.